The Bertz CT molecular complexity index is 1050. The zero-order valence-corrected chi connectivity index (χ0v) is 16.7. The highest BCUT2D eigenvalue weighted by Gasteiger charge is 2.14. The monoisotopic (exact) mass is 417 g/mol. The van der Waals surface area contributed by atoms with Crippen LogP contribution in [-0.4, -0.2) is 19.3 Å². The number of thiazole rings is 1. The van der Waals surface area contributed by atoms with Crippen LogP contribution in [0.2, 0.25) is 0 Å². The highest BCUT2D eigenvalue weighted by molar-refractivity contribution is 7.89. The summed E-state index contributed by atoms with van der Waals surface area (Å²) in [6.07, 6.45) is 0. The van der Waals surface area contributed by atoms with Crippen molar-refractivity contribution in [1.82, 2.24) is 10.3 Å². The Morgan fingerprint density at radius 3 is 2.64 bits per heavy atom. The predicted molar refractivity (Wildman–Crippen MR) is 107 cm³/mol. The number of carbonyl (C=O) groups is 1. The standard InChI is InChI=1S/C19H19N3O4S2/c1-13(14-5-7-18(8-6-14)28(20,24)25)22-19(23)15-3-2-4-17(9-15)26-10-16-11-27-12-21-16/h2-9,11-13H,10H2,1H3,(H,22,23)(H2,20,24,25). The van der Waals surface area contributed by atoms with Gasteiger partial charge in [-0.25, -0.2) is 18.5 Å². The molecule has 1 aromatic heterocycles. The molecule has 0 spiro atoms. The van der Waals surface area contributed by atoms with E-state index in [0.29, 0.717) is 17.9 Å². The minimum atomic E-state index is -3.74. The SMILES string of the molecule is CC(NC(=O)c1cccc(OCc2cscn2)c1)c1ccc(S(N)(=O)=O)cc1. The van der Waals surface area contributed by atoms with Crippen LogP contribution < -0.4 is 15.2 Å². The lowest BCUT2D eigenvalue weighted by Crippen LogP contribution is -2.26. The maximum Gasteiger partial charge on any atom is 0.251 e. The molecular weight excluding hydrogens is 398 g/mol. The summed E-state index contributed by atoms with van der Waals surface area (Å²) in [4.78, 5) is 16.7. The van der Waals surface area contributed by atoms with Gasteiger partial charge in [0, 0.05) is 10.9 Å². The van der Waals surface area contributed by atoms with Crippen LogP contribution >= 0.6 is 11.3 Å². The average Bonchev–Trinajstić information content (AvgIpc) is 3.19. The molecule has 1 unspecified atom stereocenters. The lowest BCUT2D eigenvalue weighted by molar-refractivity contribution is 0.0939. The number of ether oxygens (including phenoxy) is 1. The van der Waals surface area contributed by atoms with E-state index in [0.717, 1.165) is 11.3 Å². The summed E-state index contributed by atoms with van der Waals surface area (Å²) in [5.41, 5.74) is 3.79. The minimum absolute atomic E-state index is 0.0275. The molecule has 0 fully saturated rings. The molecule has 3 rings (SSSR count). The second kappa shape index (κ2) is 8.51. The molecule has 1 atom stereocenters. The molecule has 0 aliphatic rings. The van der Waals surface area contributed by atoms with E-state index in [1.54, 1.807) is 41.9 Å². The molecular formula is C19H19N3O4S2. The number of hydrogen-bond donors (Lipinski definition) is 2. The van der Waals surface area contributed by atoms with Gasteiger partial charge < -0.3 is 10.1 Å². The van der Waals surface area contributed by atoms with Gasteiger partial charge in [-0.05, 0) is 42.8 Å². The van der Waals surface area contributed by atoms with Gasteiger partial charge in [-0.1, -0.05) is 18.2 Å². The molecule has 2 aromatic carbocycles. The fourth-order valence-electron chi connectivity index (χ4n) is 2.50. The molecule has 1 heterocycles. The van der Waals surface area contributed by atoms with E-state index in [1.807, 2.05) is 12.3 Å². The molecule has 1 amide bonds. The molecule has 9 heteroatoms. The summed E-state index contributed by atoms with van der Waals surface area (Å²) in [5.74, 6) is 0.313. The Morgan fingerprint density at radius 2 is 2.00 bits per heavy atom. The zero-order chi connectivity index (χ0) is 20.1. The van der Waals surface area contributed by atoms with Crippen LogP contribution in [0.3, 0.4) is 0 Å². The third-order valence-electron chi connectivity index (χ3n) is 4.02. The summed E-state index contributed by atoms with van der Waals surface area (Å²) >= 11 is 1.49. The van der Waals surface area contributed by atoms with Crippen LogP contribution in [0.25, 0.3) is 0 Å². The topological polar surface area (TPSA) is 111 Å². The minimum Gasteiger partial charge on any atom is -0.487 e. The van der Waals surface area contributed by atoms with Crippen LogP contribution in [0.15, 0.2) is 64.3 Å². The first-order valence-electron chi connectivity index (χ1n) is 8.36. The van der Waals surface area contributed by atoms with Crippen molar-refractivity contribution in [1.29, 1.82) is 0 Å². The van der Waals surface area contributed by atoms with Gasteiger partial charge in [0.15, 0.2) is 0 Å². The molecule has 0 radical (unpaired) electrons. The van der Waals surface area contributed by atoms with Crippen LogP contribution in [0.4, 0.5) is 0 Å². The Kier molecular flexibility index (Phi) is 6.08. The molecule has 7 nitrogen and oxygen atoms in total. The Morgan fingerprint density at radius 1 is 1.25 bits per heavy atom. The van der Waals surface area contributed by atoms with E-state index in [4.69, 9.17) is 9.88 Å². The lowest BCUT2D eigenvalue weighted by Gasteiger charge is -2.15. The quantitative estimate of drug-likeness (QED) is 0.614. The van der Waals surface area contributed by atoms with Crippen molar-refractivity contribution in [3.8, 4) is 5.75 Å². The molecule has 0 bridgehead atoms. The second-order valence-corrected chi connectivity index (χ2v) is 8.39. The van der Waals surface area contributed by atoms with Gasteiger partial charge in [-0.2, -0.15) is 0 Å². The van der Waals surface area contributed by atoms with Crippen LogP contribution in [-0.2, 0) is 16.6 Å². The van der Waals surface area contributed by atoms with E-state index in [-0.39, 0.29) is 16.8 Å². The summed E-state index contributed by atoms with van der Waals surface area (Å²) in [6, 6.07) is 12.6. The fourth-order valence-corrected chi connectivity index (χ4v) is 3.56. The number of nitrogens with two attached hydrogens (primary N) is 1. The summed E-state index contributed by atoms with van der Waals surface area (Å²) in [5, 5.41) is 9.88. The van der Waals surface area contributed by atoms with Crippen molar-refractivity contribution in [2.75, 3.05) is 0 Å². The second-order valence-electron chi connectivity index (χ2n) is 6.11. The van der Waals surface area contributed by atoms with Crippen LogP contribution in [0.5, 0.6) is 5.75 Å². The summed E-state index contributed by atoms with van der Waals surface area (Å²) in [7, 11) is -3.74. The number of primary sulfonamides is 1. The largest absolute Gasteiger partial charge is 0.487 e. The number of benzene rings is 2. The lowest BCUT2D eigenvalue weighted by atomic mass is 10.1. The molecule has 0 saturated carbocycles. The molecule has 146 valence electrons. The van der Waals surface area contributed by atoms with Gasteiger partial charge in [0.2, 0.25) is 10.0 Å². The Labute approximate surface area is 167 Å². The number of nitrogens with one attached hydrogen (secondary N) is 1. The van der Waals surface area contributed by atoms with Crippen molar-refractivity contribution < 1.29 is 17.9 Å². The van der Waals surface area contributed by atoms with E-state index >= 15 is 0 Å². The predicted octanol–water partition coefficient (Wildman–Crippen LogP) is 2.86. The van der Waals surface area contributed by atoms with Crippen LogP contribution in [0, 0.1) is 0 Å². The van der Waals surface area contributed by atoms with E-state index in [1.165, 1.54) is 23.5 Å². The molecule has 28 heavy (non-hydrogen) atoms. The number of rotatable bonds is 7. The maximum absolute atomic E-state index is 12.5. The molecule has 3 aromatic rings. The molecule has 3 N–H and O–H groups in total. The number of aromatic nitrogens is 1. The van der Waals surface area contributed by atoms with Gasteiger partial charge >= 0.3 is 0 Å². The zero-order valence-electron chi connectivity index (χ0n) is 15.0. The van der Waals surface area contributed by atoms with E-state index < -0.39 is 10.0 Å². The van der Waals surface area contributed by atoms with Crippen LogP contribution in [0.1, 0.15) is 34.6 Å². The number of nitrogens with zero attached hydrogens (tertiary/aromatic N) is 1. The first kappa shape index (κ1) is 20.0. The highest BCUT2D eigenvalue weighted by Crippen LogP contribution is 2.18. The van der Waals surface area contributed by atoms with E-state index in [9.17, 15) is 13.2 Å². The van der Waals surface area contributed by atoms with Crippen molar-refractivity contribution in [3.05, 3.63) is 76.2 Å². The van der Waals surface area contributed by atoms with Gasteiger partial charge in [-0.15, -0.1) is 11.3 Å². The van der Waals surface area contributed by atoms with Gasteiger partial charge in [0.05, 0.1) is 22.1 Å². The van der Waals surface area contributed by atoms with E-state index in [2.05, 4.69) is 10.3 Å². The smallest absolute Gasteiger partial charge is 0.251 e. The summed E-state index contributed by atoms with van der Waals surface area (Å²) in [6.45, 7) is 2.15. The number of sulfonamides is 1. The van der Waals surface area contributed by atoms with Crippen molar-refractivity contribution in [3.63, 3.8) is 0 Å². The van der Waals surface area contributed by atoms with Crippen molar-refractivity contribution >= 4 is 27.3 Å². The first-order valence-corrected chi connectivity index (χ1v) is 10.9. The normalized spacial score (nSPS) is 12.4. The molecule has 0 aliphatic carbocycles. The highest BCUT2D eigenvalue weighted by atomic mass is 32.2. The molecule has 0 saturated heterocycles. The third-order valence-corrected chi connectivity index (χ3v) is 5.59. The summed E-state index contributed by atoms with van der Waals surface area (Å²) < 4.78 is 28.3. The van der Waals surface area contributed by atoms with Gasteiger partial charge in [0.25, 0.3) is 5.91 Å². The number of carbonyl (C=O) groups excluding carboxylic acids is 1. The van der Waals surface area contributed by atoms with Gasteiger partial charge in [-0.3, -0.25) is 4.79 Å². The first-order chi connectivity index (χ1) is 13.3. The Balaban J connectivity index is 1.64. The number of hydrogen-bond acceptors (Lipinski definition) is 6. The third kappa shape index (κ3) is 5.16. The Hall–Kier alpha value is -2.75. The molecule has 0 aliphatic heterocycles. The number of amides is 1. The fraction of sp³-hybridized carbons (Fsp3) is 0.158. The van der Waals surface area contributed by atoms with Gasteiger partial charge in [0.1, 0.15) is 12.4 Å². The van der Waals surface area contributed by atoms with Crippen molar-refractivity contribution in [2.24, 2.45) is 5.14 Å². The maximum atomic E-state index is 12.5. The average molecular weight is 418 g/mol. The van der Waals surface area contributed by atoms with Crippen molar-refractivity contribution in [2.45, 2.75) is 24.5 Å².